The molecule has 2 heterocycles. The van der Waals surface area contributed by atoms with E-state index in [4.69, 9.17) is 14.2 Å². The Morgan fingerprint density at radius 1 is 1.06 bits per heavy atom. The number of carbonyl (C=O) groups is 2. The lowest BCUT2D eigenvalue weighted by Crippen LogP contribution is -2.30. The summed E-state index contributed by atoms with van der Waals surface area (Å²) in [6.07, 6.45) is 0. The van der Waals surface area contributed by atoms with Crippen LogP contribution in [0.25, 0.3) is 21.5 Å². The zero-order chi connectivity index (χ0) is 25.8. The van der Waals surface area contributed by atoms with Crippen molar-refractivity contribution in [1.82, 2.24) is 14.8 Å². The number of aromatic nitrogens is 3. The number of rotatable bonds is 8. The molecule has 0 aliphatic heterocycles. The molecular formula is C25H24N4O6S. The Hall–Kier alpha value is -4.25. The fraction of sp³-hybridized carbons (Fsp3) is 0.240. The number of thiazole rings is 1. The maximum absolute atomic E-state index is 13.1. The van der Waals surface area contributed by atoms with E-state index >= 15 is 0 Å². The molecule has 1 N–H and O–H groups in total. The lowest BCUT2D eigenvalue weighted by Gasteiger charge is -2.12. The molecule has 0 atom stereocenters. The Morgan fingerprint density at radius 3 is 2.44 bits per heavy atom. The summed E-state index contributed by atoms with van der Waals surface area (Å²) in [6, 6.07) is 11.6. The van der Waals surface area contributed by atoms with Crippen LogP contribution in [0, 0.1) is 6.92 Å². The van der Waals surface area contributed by atoms with E-state index in [0.717, 1.165) is 4.68 Å². The second-order valence-corrected chi connectivity index (χ2v) is 8.84. The first-order chi connectivity index (χ1) is 17.3. The molecule has 0 radical (unpaired) electrons. The van der Waals surface area contributed by atoms with Crippen LogP contribution in [0.4, 0.5) is 5.69 Å². The van der Waals surface area contributed by atoms with Gasteiger partial charge in [-0.3, -0.25) is 9.59 Å². The fourth-order valence-corrected chi connectivity index (χ4v) is 4.50. The zero-order valence-corrected chi connectivity index (χ0v) is 21.0. The molecule has 1 amide bonds. The molecule has 0 spiro atoms. The summed E-state index contributed by atoms with van der Waals surface area (Å²) in [5, 5.41) is 7.93. The largest absolute Gasteiger partial charge is 0.493 e. The number of ether oxygens (including phenoxy) is 3. The highest BCUT2D eigenvalue weighted by atomic mass is 32.1. The van der Waals surface area contributed by atoms with Crippen LogP contribution < -0.4 is 20.3 Å². The fourth-order valence-electron chi connectivity index (χ4n) is 3.59. The predicted molar refractivity (Wildman–Crippen MR) is 136 cm³/mol. The van der Waals surface area contributed by atoms with Gasteiger partial charge in [-0.2, -0.15) is 5.10 Å². The van der Waals surface area contributed by atoms with Crippen LogP contribution in [0.3, 0.4) is 0 Å². The van der Waals surface area contributed by atoms with E-state index < -0.39 is 17.4 Å². The van der Waals surface area contributed by atoms with Crippen molar-refractivity contribution in [2.75, 3.05) is 26.1 Å². The molecule has 2 aromatic carbocycles. The number of nitrogens with one attached hydrogen (secondary N) is 1. The summed E-state index contributed by atoms with van der Waals surface area (Å²) >= 11 is 1.35. The van der Waals surface area contributed by atoms with Gasteiger partial charge >= 0.3 is 5.97 Å². The number of fused-ring (bicyclic) bond motifs is 1. The third kappa shape index (κ3) is 5.05. The van der Waals surface area contributed by atoms with Crippen molar-refractivity contribution < 1.29 is 23.8 Å². The SMILES string of the molecule is CCOC(=O)c1ccc(NC(=O)Cn2nc(-c3ccc(OC)c(OC)c3)c3sc(C)nc3c2=O)cc1. The minimum Gasteiger partial charge on any atom is -0.493 e. The van der Waals surface area contributed by atoms with E-state index in [-0.39, 0.29) is 18.7 Å². The molecule has 0 saturated heterocycles. The molecule has 2 aromatic heterocycles. The van der Waals surface area contributed by atoms with Gasteiger partial charge in [0.25, 0.3) is 5.56 Å². The number of amides is 1. The number of hydrogen-bond acceptors (Lipinski definition) is 9. The van der Waals surface area contributed by atoms with Gasteiger partial charge in [-0.1, -0.05) is 0 Å². The number of carbonyl (C=O) groups excluding carboxylic acids is 2. The molecule has 0 aliphatic carbocycles. The maximum atomic E-state index is 13.1. The third-order valence-corrected chi connectivity index (χ3v) is 6.21. The average molecular weight is 509 g/mol. The molecule has 0 bridgehead atoms. The number of aryl methyl sites for hydroxylation is 1. The van der Waals surface area contributed by atoms with Gasteiger partial charge in [0.2, 0.25) is 5.91 Å². The van der Waals surface area contributed by atoms with E-state index in [0.29, 0.717) is 43.7 Å². The Labute approximate surface area is 210 Å². The van der Waals surface area contributed by atoms with Gasteiger partial charge in [0, 0.05) is 11.3 Å². The first-order valence-corrected chi connectivity index (χ1v) is 11.8. The van der Waals surface area contributed by atoms with Crippen molar-refractivity contribution in [1.29, 1.82) is 0 Å². The highest BCUT2D eigenvalue weighted by Gasteiger charge is 2.19. The van der Waals surface area contributed by atoms with Crippen LogP contribution in [-0.2, 0) is 16.1 Å². The number of methoxy groups -OCH3 is 2. The lowest BCUT2D eigenvalue weighted by atomic mass is 10.1. The lowest BCUT2D eigenvalue weighted by molar-refractivity contribution is -0.117. The van der Waals surface area contributed by atoms with Crippen LogP contribution in [0.1, 0.15) is 22.3 Å². The normalized spacial score (nSPS) is 10.8. The summed E-state index contributed by atoms with van der Waals surface area (Å²) in [5.41, 5.74) is 1.80. The van der Waals surface area contributed by atoms with Gasteiger partial charge < -0.3 is 19.5 Å². The molecular weight excluding hydrogens is 484 g/mol. The maximum Gasteiger partial charge on any atom is 0.338 e. The van der Waals surface area contributed by atoms with Crippen molar-refractivity contribution in [3.8, 4) is 22.8 Å². The van der Waals surface area contributed by atoms with Gasteiger partial charge in [0.15, 0.2) is 17.0 Å². The van der Waals surface area contributed by atoms with E-state index in [1.165, 1.54) is 18.4 Å². The van der Waals surface area contributed by atoms with Crippen LogP contribution in [0.2, 0.25) is 0 Å². The average Bonchev–Trinajstić information content (AvgIpc) is 3.27. The third-order valence-electron chi connectivity index (χ3n) is 5.24. The van der Waals surface area contributed by atoms with Gasteiger partial charge in [0.05, 0.1) is 36.1 Å². The molecule has 36 heavy (non-hydrogen) atoms. The first kappa shape index (κ1) is 24.9. The van der Waals surface area contributed by atoms with Crippen molar-refractivity contribution in [3.05, 3.63) is 63.4 Å². The summed E-state index contributed by atoms with van der Waals surface area (Å²) in [4.78, 5) is 42.1. The van der Waals surface area contributed by atoms with Crippen LogP contribution in [0.15, 0.2) is 47.3 Å². The zero-order valence-electron chi connectivity index (χ0n) is 20.2. The summed E-state index contributed by atoms with van der Waals surface area (Å²) in [6.45, 7) is 3.47. The number of benzene rings is 2. The van der Waals surface area contributed by atoms with Gasteiger partial charge in [-0.25, -0.2) is 14.5 Å². The predicted octanol–water partition coefficient (Wildman–Crippen LogP) is 3.66. The first-order valence-electron chi connectivity index (χ1n) is 11.0. The van der Waals surface area contributed by atoms with Crippen LogP contribution in [0.5, 0.6) is 11.5 Å². The molecule has 4 rings (SSSR count). The molecule has 10 nitrogen and oxygen atoms in total. The summed E-state index contributed by atoms with van der Waals surface area (Å²) in [5.74, 6) is 0.159. The van der Waals surface area contributed by atoms with Crippen molar-refractivity contribution in [3.63, 3.8) is 0 Å². The van der Waals surface area contributed by atoms with Crippen LogP contribution in [-0.4, -0.2) is 47.5 Å². The number of esters is 1. The monoisotopic (exact) mass is 508 g/mol. The standard InChI is InChI=1S/C25H24N4O6S/c1-5-35-25(32)15-6-9-17(10-7-15)27-20(30)13-29-24(31)22-23(36-14(2)26-22)21(28-29)16-8-11-18(33-3)19(12-16)34-4/h6-12H,5,13H2,1-4H3,(H,27,30). The highest BCUT2D eigenvalue weighted by Crippen LogP contribution is 2.35. The van der Waals surface area contributed by atoms with Crippen LogP contribution >= 0.6 is 11.3 Å². The Balaban J connectivity index is 1.65. The number of hydrogen-bond donors (Lipinski definition) is 1. The van der Waals surface area contributed by atoms with Crippen molar-refractivity contribution >= 4 is 39.1 Å². The van der Waals surface area contributed by atoms with Gasteiger partial charge in [-0.15, -0.1) is 11.3 Å². The van der Waals surface area contributed by atoms with Crippen molar-refractivity contribution in [2.45, 2.75) is 20.4 Å². The van der Waals surface area contributed by atoms with Crippen molar-refractivity contribution in [2.24, 2.45) is 0 Å². The Morgan fingerprint density at radius 2 is 1.78 bits per heavy atom. The molecule has 0 aliphatic rings. The molecule has 0 saturated carbocycles. The summed E-state index contributed by atoms with van der Waals surface area (Å²) < 4.78 is 17.4. The van der Waals surface area contributed by atoms with E-state index in [1.807, 2.05) is 0 Å². The topological polar surface area (TPSA) is 122 Å². The summed E-state index contributed by atoms with van der Waals surface area (Å²) in [7, 11) is 3.08. The number of anilines is 1. The molecule has 11 heteroatoms. The number of nitrogens with zero attached hydrogens (tertiary/aromatic N) is 3. The minimum atomic E-state index is -0.466. The van der Waals surface area contributed by atoms with E-state index in [1.54, 1.807) is 63.4 Å². The Kier molecular flexibility index (Phi) is 7.30. The second-order valence-electron chi connectivity index (χ2n) is 7.64. The smallest absolute Gasteiger partial charge is 0.338 e. The highest BCUT2D eigenvalue weighted by molar-refractivity contribution is 7.19. The minimum absolute atomic E-state index is 0.240. The van der Waals surface area contributed by atoms with Gasteiger partial charge in [-0.05, 0) is 56.3 Å². The molecule has 186 valence electrons. The molecule has 4 aromatic rings. The molecule has 0 unspecified atom stereocenters. The Bertz CT molecular complexity index is 1490. The second kappa shape index (κ2) is 10.6. The van der Waals surface area contributed by atoms with E-state index in [2.05, 4.69) is 15.4 Å². The van der Waals surface area contributed by atoms with E-state index in [9.17, 15) is 14.4 Å². The van der Waals surface area contributed by atoms with Gasteiger partial charge in [0.1, 0.15) is 12.2 Å². The molecule has 0 fully saturated rings. The quantitative estimate of drug-likeness (QED) is 0.358.